The molecule has 0 fully saturated rings. The van der Waals surface area contributed by atoms with E-state index < -0.39 is 0 Å². The number of aromatic nitrogens is 1. The number of aliphatic imine (C=N–C) groups is 1. The highest BCUT2D eigenvalue weighted by Gasteiger charge is 2.11. The van der Waals surface area contributed by atoms with Gasteiger partial charge in [-0.3, -0.25) is 4.79 Å². The van der Waals surface area contributed by atoms with E-state index in [1.54, 1.807) is 11.3 Å². The molecule has 0 bridgehead atoms. The molecule has 0 aliphatic rings. The summed E-state index contributed by atoms with van der Waals surface area (Å²) in [5.74, 6) is 0.869. The molecule has 0 unspecified atom stereocenters. The van der Waals surface area contributed by atoms with Gasteiger partial charge in [-0.1, -0.05) is 12.1 Å². The first-order chi connectivity index (χ1) is 14.0. The highest BCUT2D eigenvalue weighted by molar-refractivity contribution is 7.11. The van der Waals surface area contributed by atoms with Crippen molar-refractivity contribution < 1.29 is 4.79 Å². The number of hydrogen-bond acceptors (Lipinski definition) is 4. The second-order valence-corrected chi connectivity index (χ2v) is 8.08. The zero-order valence-electron chi connectivity index (χ0n) is 18.2. The quantitative estimate of drug-likeness (QED) is 0.485. The van der Waals surface area contributed by atoms with Gasteiger partial charge >= 0.3 is 0 Å². The zero-order valence-corrected chi connectivity index (χ0v) is 19.0. The molecule has 0 saturated carbocycles. The topological polar surface area (TPSA) is 69.6 Å². The lowest BCUT2D eigenvalue weighted by atomic mass is 10.1. The van der Waals surface area contributed by atoms with Crippen molar-refractivity contribution in [2.45, 2.75) is 47.6 Å². The standard InChI is InChI=1S/C22H33N5OS/c1-6-23-22(24-14-13-20-26-16(4)17(5)29-20)25-15-18-9-11-19(12-10-18)21(28)27(7-2)8-3/h9-12H,6-8,13-15H2,1-5H3,(H2,23,24,25). The predicted octanol–water partition coefficient (Wildman–Crippen LogP) is 3.54. The van der Waals surface area contributed by atoms with Crippen molar-refractivity contribution in [2.75, 3.05) is 26.2 Å². The lowest BCUT2D eigenvalue weighted by molar-refractivity contribution is 0.0773. The van der Waals surface area contributed by atoms with Crippen LogP contribution < -0.4 is 10.6 Å². The highest BCUT2D eigenvalue weighted by atomic mass is 32.1. The molecule has 1 aromatic heterocycles. The number of amides is 1. The van der Waals surface area contributed by atoms with E-state index >= 15 is 0 Å². The van der Waals surface area contributed by atoms with E-state index in [0.29, 0.717) is 6.54 Å². The average Bonchev–Trinajstić information content (AvgIpc) is 3.04. The Kier molecular flexibility index (Phi) is 9.12. The molecule has 0 saturated heterocycles. The molecule has 1 heterocycles. The number of nitrogens with one attached hydrogen (secondary N) is 2. The van der Waals surface area contributed by atoms with Crippen molar-refractivity contribution in [1.82, 2.24) is 20.5 Å². The van der Waals surface area contributed by atoms with Gasteiger partial charge in [-0.25, -0.2) is 9.98 Å². The van der Waals surface area contributed by atoms with Crippen LogP contribution in [0.15, 0.2) is 29.3 Å². The van der Waals surface area contributed by atoms with Gasteiger partial charge in [0.05, 0.1) is 17.2 Å². The fourth-order valence-corrected chi connectivity index (χ4v) is 3.83. The summed E-state index contributed by atoms with van der Waals surface area (Å²) in [4.78, 5) is 24.8. The molecule has 0 aliphatic carbocycles. The molecule has 0 spiro atoms. The monoisotopic (exact) mass is 415 g/mol. The Hall–Kier alpha value is -2.41. The van der Waals surface area contributed by atoms with Crippen LogP contribution in [-0.2, 0) is 13.0 Å². The Bertz CT molecular complexity index is 790. The third kappa shape index (κ3) is 6.85. The minimum Gasteiger partial charge on any atom is -0.357 e. The Morgan fingerprint density at radius 3 is 2.34 bits per heavy atom. The number of guanidine groups is 1. The van der Waals surface area contributed by atoms with E-state index in [1.807, 2.05) is 43.0 Å². The summed E-state index contributed by atoms with van der Waals surface area (Å²) in [6.07, 6.45) is 0.881. The van der Waals surface area contributed by atoms with Crippen LogP contribution in [0.1, 0.15) is 52.3 Å². The van der Waals surface area contributed by atoms with Gasteiger partial charge in [0.1, 0.15) is 0 Å². The number of thiazole rings is 1. The van der Waals surface area contributed by atoms with Gasteiger partial charge in [0.2, 0.25) is 0 Å². The van der Waals surface area contributed by atoms with E-state index in [9.17, 15) is 4.79 Å². The van der Waals surface area contributed by atoms with Crippen LogP contribution in [0, 0.1) is 13.8 Å². The van der Waals surface area contributed by atoms with Crippen molar-refractivity contribution in [3.63, 3.8) is 0 Å². The lowest BCUT2D eigenvalue weighted by Crippen LogP contribution is -2.38. The van der Waals surface area contributed by atoms with Gasteiger partial charge in [0, 0.05) is 43.0 Å². The van der Waals surface area contributed by atoms with E-state index in [4.69, 9.17) is 0 Å². The third-order valence-corrected chi connectivity index (χ3v) is 5.85. The van der Waals surface area contributed by atoms with Crippen molar-refractivity contribution in [3.05, 3.63) is 51.0 Å². The molecule has 0 atom stereocenters. The van der Waals surface area contributed by atoms with Crippen LogP contribution in [0.2, 0.25) is 0 Å². The van der Waals surface area contributed by atoms with E-state index in [0.717, 1.165) is 60.4 Å². The van der Waals surface area contributed by atoms with Gasteiger partial charge < -0.3 is 15.5 Å². The van der Waals surface area contributed by atoms with E-state index in [-0.39, 0.29) is 5.91 Å². The van der Waals surface area contributed by atoms with Crippen LogP contribution >= 0.6 is 11.3 Å². The average molecular weight is 416 g/mol. The molecule has 7 heteroatoms. The van der Waals surface area contributed by atoms with Gasteiger partial charge in [-0.2, -0.15) is 0 Å². The second-order valence-electron chi connectivity index (χ2n) is 6.80. The molecular weight excluding hydrogens is 382 g/mol. The van der Waals surface area contributed by atoms with Crippen molar-refractivity contribution >= 4 is 23.2 Å². The Morgan fingerprint density at radius 1 is 1.10 bits per heavy atom. The van der Waals surface area contributed by atoms with E-state index in [1.165, 1.54) is 4.88 Å². The number of hydrogen-bond donors (Lipinski definition) is 2. The summed E-state index contributed by atoms with van der Waals surface area (Å²) in [6.45, 7) is 13.8. The number of carbonyl (C=O) groups is 1. The van der Waals surface area contributed by atoms with Crippen LogP contribution in [0.25, 0.3) is 0 Å². The molecule has 158 valence electrons. The molecule has 2 aromatic rings. The second kappa shape index (κ2) is 11.6. The van der Waals surface area contributed by atoms with Gasteiger partial charge in [0.15, 0.2) is 5.96 Å². The highest BCUT2D eigenvalue weighted by Crippen LogP contribution is 2.16. The molecule has 1 amide bonds. The maximum absolute atomic E-state index is 12.4. The Morgan fingerprint density at radius 2 is 1.79 bits per heavy atom. The van der Waals surface area contributed by atoms with Gasteiger partial charge in [-0.05, 0) is 52.3 Å². The summed E-state index contributed by atoms with van der Waals surface area (Å²) >= 11 is 1.76. The van der Waals surface area contributed by atoms with Gasteiger partial charge in [0.25, 0.3) is 5.91 Å². The molecule has 29 heavy (non-hydrogen) atoms. The fraction of sp³-hybridized carbons (Fsp3) is 0.500. The SMILES string of the molecule is CCNC(=NCc1ccc(C(=O)N(CC)CC)cc1)NCCc1nc(C)c(C)s1. The zero-order chi connectivity index (χ0) is 21.2. The van der Waals surface area contributed by atoms with Crippen LogP contribution in [0.3, 0.4) is 0 Å². The summed E-state index contributed by atoms with van der Waals surface area (Å²) < 4.78 is 0. The summed E-state index contributed by atoms with van der Waals surface area (Å²) in [6, 6.07) is 7.73. The molecule has 6 nitrogen and oxygen atoms in total. The molecule has 2 N–H and O–H groups in total. The maximum Gasteiger partial charge on any atom is 0.253 e. The molecular formula is C22H33N5OS. The lowest BCUT2D eigenvalue weighted by Gasteiger charge is -2.18. The number of nitrogens with zero attached hydrogens (tertiary/aromatic N) is 3. The minimum absolute atomic E-state index is 0.0766. The first kappa shape index (κ1) is 22.9. The van der Waals surface area contributed by atoms with Gasteiger partial charge in [-0.15, -0.1) is 11.3 Å². The van der Waals surface area contributed by atoms with Crippen molar-refractivity contribution in [2.24, 2.45) is 4.99 Å². The maximum atomic E-state index is 12.4. The van der Waals surface area contributed by atoms with Crippen LogP contribution in [0.5, 0.6) is 0 Å². The predicted molar refractivity (Wildman–Crippen MR) is 122 cm³/mol. The first-order valence-corrected chi connectivity index (χ1v) is 11.1. The van der Waals surface area contributed by atoms with Crippen molar-refractivity contribution in [1.29, 1.82) is 0 Å². The van der Waals surface area contributed by atoms with Crippen LogP contribution in [-0.4, -0.2) is 47.9 Å². The number of benzene rings is 1. The third-order valence-electron chi connectivity index (χ3n) is 4.72. The van der Waals surface area contributed by atoms with Crippen molar-refractivity contribution in [3.8, 4) is 0 Å². The summed E-state index contributed by atoms with van der Waals surface area (Å²) in [7, 11) is 0. The number of aryl methyl sites for hydroxylation is 2. The largest absolute Gasteiger partial charge is 0.357 e. The fourth-order valence-electron chi connectivity index (χ4n) is 2.89. The molecule has 2 rings (SSSR count). The smallest absolute Gasteiger partial charge is 0.253 e. The first-order valence-electron chi connectivity index (χ1n) is 10.3. The summed E-state index contributed by atoms with van der Waals surface area (Å²) in [5.41, 5.74) is 2.92. The molecule has 0 aliphatic heterocycles. The minimum atomic E-state index is 0.0766. The van der Waals surface area contributed by atoms with Crippen LogP contribution in [0.4, 0.5) is 0 Å². The number of carbonyl (C=O) groups excluding carboxylic acids is 1. The molecule has 1 aromatic carbocycles. The number of rotatable bonds is 9. The Balaban J connectivity index is 1.92. The molecule has 0 radical (unpaired) electrons. The Labute approximate surface area is 178 Å². The van der Waals surface area contributed by atoms with E-state index in [2.05, 4.69) is 41.4 Å². The summed E-state index contributed by atoms with van der Waals surface area (Å²) in [5, 5.41) is 7.80. The normalized spacial score (nSPS) is 11.4.